The Kier molecular flexibility index (Phi) is 8.79. The zero-order chi connectivity index (χ0) is 27.5. The van der Waals surface area contributed by atoms with Crippen molar-refractivity contribution < 1.29 is 22.8 Å². The van der Waals surface area contributed by atoms with Crippen LogP contribution in [0.3, 0.4) is 0 Å². The first-order valence-electron chi connectivity index (χ1n) is 11.9. The molecule has 10 nitrogen and oxygen atoms in total. The van der Waals surface area contributed by atoms with E-state index >= 15 is 0 Å². The summed E-state index contributed by atoms with van der Waals surface area (Å²) in [5.41, 5.74) is 5.38. The molecule has 0 radical (unpaired) electrons. The van der Waals surface area contributed by atoms with Crippen LogP contribution < -0.4 is 5.73 Å². The van der Waals surface area contributed by atoms with Crippen LogP contribution in [0, 0.1) is 11.3 Å². The van der Waals surface area contributed by atoms with Gasteiger partial charge in [-0.2, -0.15) is 9.57 Å². The molecule has 2 aromatic carbocycles. The lowest BCUT2D eigenvalue weighted by Crippen LogP contribution is -2.53. The molecule has 2 unspecified atom stereocenters. The molecule has 2 atom stereocenters. The highest BCUT2D eigenvalue weighted by Gasteiger charge is 2.45. The summed E-state index contributed by atoms with van der Waals surface area (Å²) in [6.07, 6.45) is 0.238. The van der Waals surface area contributed by atoms with Gasteiger partial charge < -0.3 is 15.5 Å². The number of carbonyl (C=O) groups excluding carboxylic acids is 3. The van der Waals surface area contributed by atoms with Crippen LogP contribution >= 0.6 is 11.6 Å². The number of amides is 3. The number of sulfonamides is 1. The lowest BCUT2D eigenvalue weighted by atomic mass is 10.1. The van der Waals surface area contributed by atoms with Crippen LogP contribution in [0.1, 0.15) is 33.6 Å². The Morgan fingerprint density at radius 3 is 2.46 bits per heavy atom. The third kappa shape index (κ3) is 6.04. The summed E-state index contributed by atoms with van der Waals surface area (Å²) in [6, 6.07) is 9.21. The molecule has 3 amide bonds. The number of nitrogens with two attached hydrogens (primary N) is 1. The molecule has 0 aliphatic carbocycles. The van der Waals surface area contributed by atoms with Gasteiger partial charge in [0.25, 0.3) is 0 Å². The Hall–Kier alpha value is -3.20. The lowest BCUT2D eigenvalue weighted by molar-refractivity contribution is -0.145. The third-order valence-electron chi connectivity index (χ3n) is 6.45. The molecule has 1 fully saturated rings. The van der Waals surface area contributed by atoms with E-state index in [2.05, 4.69) is 0 Å². The van der Waals surface area contributed by atoms with Crippen molar-refractivity contribution in [3.05, 3.63) is 41.4 Å². The van der Waals surface area contributed by atoms with Crippen molar-refractivity contribution >= 4 is 50.1 Å². The highest BCUT2D eigenvalue weighted by molar-refractivity contribution is 7.89. The van der Waals surface area contributed by atoms with Gasteiger partial charge in [0, 0.05) is 24.2 Å². The van der Waals surface area contributed by atoms with Crippen LogP contribution in [0.5, 0.6) is 0 Å². The van der Waals surface area contributed by atoms with E-state index in [0.717, 1.165) is 9.69 Å². The number of likely N-dealkylation sites (tertiary alicyclic amines) is 1. The van der Waals surface area contributed by atoms with E-state index in [1.165, 1.54) is 21.9 Å². The lowest BCUT2D eigenvalue weighted by Gasteiger charge is -2.33. The quantitative estimate of drug-likeness (QED) is 0.482. The number of hydrogen-bond acceptors (Lipinski definition) is 6. The Morgan fingerprint density at radius 2 is 1.84 bits per heavy atom. The Morgan fingerprint density at radius 1 is 1.19 bits per heavy atom. The van der Waals surface area contributed by atoms with Crippen molar-refractivity contribution in [2.75, 3.05) is 19.6 Å². The number of primary amides is 1. The number of rotatable bonds is 10. The molecule has 0 spiro atoms. The number of carbonyl (C=O) groups is 3. The first-order valence-corrected chi connectivity index (χ1v) is 13.7. The molecule has 1 aliphatic rings. The second-order valence-corrected chi connectivity index (χ2v) is 11.5. The van der Waals surface area contributed by atoms with Gasteiger partial charge >= 0.3 is 0 Å². The largest absolute Gasteiger partial charge is 0.369 e. The van der Waals surface area contributed by atoms with Gasteiger partial charge in [-0.1, -0.05) is 23.7 Å². The molecule has 1 saturated heterocycles. The fourth-order valence-electron chi connectivity index (χ4n) is 4.51. The average molecular weight is 548 g/mol. The highest BCUT2D eigenvalue weighted by atomic mass is 35.5. The van der Waals surface area contributed by atoms with Crippen molar-refractivity contribution in [1.82, 2.24) is 14.1 Å². The fraction of sp³-hybridized carbons (Fsp3) is 0.440. The first-order chi connectivity index (χ1) is 17.4. The highest BCUT2D eigenvalue weighted by Crippen LogP contribution is 2.29. The van der Waals surface area contributed by atoms with Gasteiger partial charge in [-0.05, 0) is 62.2 Å². The molecule has 1 heterocycles. The van der Waals surface area contributed by atoms with E-state index in [9.17, 15) is 22.8 Å². The van der Waals surface area contributed by atoms with Crippen molar-refractivity contribution in [3.8, 4) is 6.07 Å². The van der Waals surface area contributed by atoms with Gasteiger partial charge in [0.1, 0.15) is 12.1 Å². The van der Waals surface area contributed by atoms with Crippen molar-refractivity contribution in [1.29, 1.82) is 5.26 Å². The molecular formula is C25H30ClN5O5S. The monoisotopic (exact) mass is 547 g/mol. The summed E-state index contributed by atoms with van der Waals surface area (Å²) in [5.74, 6) is -1.83. The topological polar surface area (TPSA) is 145 Å². The molecule has 0 bridgehead atoms. The van der Waals surface area contributed by atoms with Crippen LogP contribution in [0.25, 0.3) is 10.8 Å². The maximum absolute atomic E-state index is 13.7. The molecule has 0 saturated carbocycles. The van der Waals surface area contributed by atoms with Crippen LogP contribution in [-0.4, -0.2) is 78.0 Å². The fourth-order valence-corrected chi connectivity index (χ4v) is 6.31. The van der Waals surface area contributed by atoms with Gasteiger partial charge in [-0.25, -0.2) is 8.42 Å². The van der Waals surface area contributed by atoms with E-state index < -0.39 is 40.5 Å². The smallest absolute Gasteiger partial charge is 0.245 e. The minimum Gasteiger partial charge on any atom is -0.369 e. The van der Waals surface area contributed by atoms with Gasteiger partial charge in [-0.15, -0.1) is 0 Å². The number of hydrogen-bond donors (Lipinski definition) is 1. The van der Waals surface area contributed by atoms with Gasteiger partial charge in [0.05, 0.1) is 23.9 Å². The number of nitrogens with zero attached hydrogens (tertiary/aromatic N) is 4. The molecule has 12 heteroatoms. The van der Waals surface area contributed by atoms with Crippen LogP contribution in [0.4, 0.5) is 0 Å². The minimum absolute atomic E-state index is 0.0893. The summed E-state index contributed by atoms with van der Waals surface area (Å²) in [5, 5.41) is 10.8. The molecule has 0 aromatic heterocycles. The van der Waals surface area contributed by atoms with Crippen molar-refractivity contribution in [2.24, 2.45) is 5.73 Å². The molecule has 198 valence electrons. The predicted molar refractivity (Wildman–Crippen MR) is 139 cm³/mol. The molecule has 3 rings (SSSR count). The zero-order valence-electron chi connectivity index (χ0n) is 20.9. The van der Waals surface area contributed by atoms with Crippen molar-refractivity contribution in [2.45, 2.75) is 56.6 Å². The molecular weight excluding hydrogens is 518 g/mol. The summed E-state index contributed by atoms with van der Waals surface area (Å²) < 4.78 is 28.1. The predicted octanol–water partition coefficient (Wildman–Crippen LogP) is 2.11. The number of benzene rings is 2. The summed E-state index contributed by atoms with van der Waals surface area (Å²) in [6.45, 7) is 4.86. The Bertz CT molecular complexity index is 1360. The van der Waals surface area contributed by atoms with E-state index in [1.54, 1.807) is 31.2 Å². The average Bonchev–Trinajstić information content (AvgIpc) is 3.21. The second-order valence-electron chi connectivity index (χ2n) is 9.22. The maximum atomic E-state index is 13.7. The Labute approximate surface area is 221 Å². The van der Waals surface area contributed by atoms with Crippen LogP contribution in [-0.2, 0) is 24.4 Å². The van der Waals surface area contributed by atoms with Gasteiger partial charge in [-0.3, -0.25) is 14.4 Å². The van der Waals surface area contributed by atoms with Gasteiger partial charge in [0.15, 0.2) is 0 Å². The summed E-state index contributed by atoms with van der Waals surface area (Å²) in [4.78, 5) is 41.2. The minimum atomic E-state index is -4.30. The van der Waals surface area contributed by atoms with E-state index in [1.807, 2.05) is 19.9 Å². The molecule has 37 heavy (non-hydrogen) atoms. The SMILES string of the molecule is CC(C)N(CCC#N)C(=O)C(C)N1CCC(N(CC(N)=O)S(=O)(=O)c2ccc3cc(Cl)ccc3c2)C1=O. The summed E-state index contributed by atoms with van der Waals surface area (Å²) in [7, 11) is -4.30. The van der Waals surface area contributed by atoms with Gasteiger partial charge in [0.2, 0.25) is 27.7 Å². The normalized spacial score (nSPS) is 16.8. The van der Waals surface area contributed by atoms with Crippen molar-refractivity contribution in [3.63, 3.8) is 0 Å². The van der Waals surface area contributed by atoms with E-state index in [4.69, 9.17) is 22.6 Å². The van der Waals surface area contributed by atoms with Crippen LogP contribution in [0.2, 0.25) is 5.02 Å². The molecule has 1 aliphatic heterocycles. The first kappa shape index (κ1) is 28.4. The third-order valence-corrected chi connectivity index (χ3v) is 8.53. The number of nitriles is 1. The molecule has 2 aromatic rings. The molecule has 2 N–H and O–H groups in total. The van der Waals surface area contributed by atoms with E-state index in [-0.39, 0.29) is 42.8 Å². The Balaban J connectivity index is 1.91. The van der Waals surface area contributed by atoms with E-state index in [0.29, 0.717) is 10.4 Å². The standard InChI is InChI=1S/C25H30ClN5O5S/c1-16(2)29(11-4-10-27)24(33)17(3)30-12-9-22(25(30)34)31(15-23(28)32)37(35,36)21-8-6-18-13-20(26)7-5-19(18)14-21/h5-8,13-14,16-17,22H,4,9,11-12,15H2,1-3H3,(H2,28,32). The number of halogens is 1. The summed E-state index contributed by atoms with van der Waals surface area (Å²) >= 11 is 6.02. The van der Waals surface area contributed by atoms with Crippen LogP contribution in [0.15, 0.2) is 41.3 Å². The maximum Gasteiger partial charge on any atom is 0.245 e. The second kappa shape index (κ2) is 11.5. The zero-order valence-corrected chi connectivity index (χ0v) is 22.5. The number of fused-ring (bicyclic) bond motifs is 1.